The van der Waals surface area contributed by atoms with Crippen LogP contribution in [0.2, 0.25) is 0 Å². The second kappa shape index (κ2) is 4.92. The predicted molar refractivity (Wildman–Crippen MR) is 55.2 cm³/mol. The Morgan fingerprint density at radius 3 is 2.50 bits per heavy atom. The van der Waals surface area contributed by atoms with E-state index >= 15 is 0 Å². The highest BCUT2D eigenvalue weighted by Gasteiger charge is 2.25. The van der Waals surface area contributed by atoms with Gasteiger partial charge in [-0.1, -0.05) is 19.3 Å². The van der Waals surface area contributed by atoms with Gasteiger partial charge in [0, 0.05) is 18.9 Å². The Labute approximate surface area is 86.0 Å². The molecule has 1 aliphatic carbocycles. The smallest absolute Gasteiger partial charge is 0.138 e. The monoisotopic (exact) mass is 196 g/mol. The third-order valence-corrected chi connectivity index (χ3v) is 3.51. The third kappa shape index (κ3) is 2.57. The highest BCUT2D eigenvalue weighted by molar-refractivity contribution is 5.81. The van der Waals surface area contributed by atoms with Gasteiger partial charge in [-0.3, -0.25) is 4.79 Å². The van der Waals surface area contributed by atoms with E-state index in [9.17, 15) is 4.79 Å². The van der Waals surface area contributed by atoms with E-state index in [0.29, 0.717) is 18.1 Å². The first kappa shape index (κ1) is 10.2. The summed E-state index contributed by atoms with van der Waals surface area (Å²) in [6.07, 6.45) is 9.26. The predicted octanol–water partition coefficient (Wildman–Crippen LogP) is 2.70. The Balaban J connectivity index is 1.75. The van der Waals surface area contributed by atoms with Crippen LogP contribution in [0.5, 0.6) is 0 Å². The lowest BCUT2D eigenvalue weighted by molar-refractivity contribution is -0.125. The van der Waals surface area contributed by atoms with Crippen molar-refractivity contribution in [1.29, 1.82) is 0 Å². The van der Waals surface area contributed by atoms with Crippen LogP contribution in [0.25, 0.3) is 0 Å². The van der Waals surface area contributed by atoms with Crippen molar-refractivity contribution in [2.45, 2.75) is 57.5 Å². The van der Waals surface area contributed by atoms with Gasteiger partial charge >= 0.3 is 0 Å². The molecule has 2 rings (SSSR count). The van der Waals surface area contributed by atoms with Crippen LogP contribution in [0, 0.1) is 5.92 Å². The zero-order valence-corrected chi connectivity index (χ0v) is 8.84. The highest BCUT2D eigenvalue weighted by atomic mass is 16.5. The summed E-state index contributed by atoms with van der Waals surface area (Å²) < 4.78 is 5.49. The van der Waals surface area contributed by atoms with Crippen molar-refractivity contribution in [2.75, 3.05) is 6.61 Å². The molecule has 0 aromatic carbocycles. The molecule has 80 valence electrons. The molecule has 2 aliphatic rings. The van der Waals surface area contributed by atoms with Gasteiger partial charge < -0.3 is 4.74 Å². The fourth-order valence-corrected chi connectivity index (χ4v) is 2.62. The molecule has 0 bridgehead atoms. The van der Waals surface area contributed by atoms with Crippen LogP contribution < -0.4 is 0 Å². The fraction of sp³-hybridized carbons (Fsp3) is 0.917. The number of Topliss-reactive ketones (excluding diaryl/α,β-unsaturated/α-hetero) is 1. The first-order valence-electron chi connectivity index (χ1n) is 6.00. The lowest BCUT2D eigenvalue weighted by atomic mass is 9.84. The summed E-state index contributed by atoms with van der Waals surface area (Å²) in [5.41, 5.74) is 0. The molecule has 0 amide bonds. The Morgan fingerprint density at radius 2 is 1.86 bits per heavy atom. The maximum absolute atomic E-state index is 11.9. The molecule has 1 unspecified atom stereocenters. The zero-order chi connectivity index (χ0) is 9.80. The molecule has 14 heavy (non-hydrogen) atoms. The van der Waals surface area contributed by atoms with Gasteiger partial charge in [0.25, 0.3) is 0 Å². The Bertz CT molecular complexity index is 188. The van der Waals surface area contributed by atoms with Gasteiger partial charge in [-0.05, 0) is 25.7 Å². The van der Waals surface area contributed by atoms with Crippen LogP contribution in [0.4, 0.5) is 0 Å². The summed E-state index contributed by atoms with van der Waals surface area (Å²) >= 11 is 0. The Hall–Kier alpha value is -0.370. The normalized spacial score (nSPS) is 29.3. The van der Waals surface area contributed by atoms with E-state index in [1.54, 1.807) is 0 Å². The first-order valence-corrected chi connectivity index (χ1v) is 6.00. The summed E-state index contributed by atoms with van der Waals surface area (Å²) in [5.74, 6) is 0.838. The van der Waals surface area contributed by atoms with Gasteiger partial charge in [0.15, 0.2) is 0 Å². The molecule has 0 N–H and O–H groups in total. The van der Waals surface area contributed by atoms with Crippen LogP contribution in [0.3, 0.4) is 0 Å². The number of ether oxygens (including phenoxy) is 1. The van der Waals surface area contributed by atoms with Crippen LogP contribution in [-0.4, -0.2) is 18.5 Å². The molecule has 0 radical (unpaired) electrons. The molecule has 1 aliphatic heterocycles. The largest absolute Gasteiger partial charge is 0.378 e. The van der Waals surface area contributed by atoms with Gasteiger partial charge in [-0.2, -0.15) is 0 Å². The average molecular weight is 196 g/mol. The van der Waals surface area contributed by atoms with E-state index in [4.69, 9.17) is 4.74 Å². The average Bonchev–Trinajstić information content (AvgIpc) is 2.72. The van der Waals surface area contributed by atoms with Gasteiger partial charge in [0.05, 0.1) is 6.10 Å². The first-order chi connectivity index (χ1) is 6.86. The molecule has 1 heterocycles. The molecule has 1 atom stereocenters. The number of carbonyl (C=O) groups is 1. The molecule has 0 aromatic heterocycles. The SMILES string of the molecule is O=C(CC1CCCO1)C1CCCCC1. The van der Waals surface area contributed by atoms with Crippen molar-refractivity contribution in [1.82, 2.24) is 0 Å². The number of hydrogen-bond acceptors (Lipinski definition) is 2. The lowest BCUT2D eigenvalue weighted by Gasteiger charge is -2.21. The van der Waals surface area contributed by atoms with Crippen LogP contribution in [0.1, 0.15) is 51.4 Å². The Morgan fingerprint density at radius 1 is 1.07 bits per heavy atom. The topological polar surface area (TPSA) is 26.3 Å². The van der Waals surface area contributed by atoms with Crippen molar-refractivity contribution in [3.8, 4) is 0 Å². The Kier molecular flexibility index (Phi) is 3.57. The number of carbonyl (C=O) groups excluding carboxylic acids is 1. The quantitative estimate of drug-likeness (QED) is 0.693. The maximum atomic E-state index is 11.9. The fourth-order valence-electron chi connectivity index (χ4n) is 2.62. The molecule has 2 heteroatoms. The van der Waals surface area contributed by atoms with E-state index in [1.165, 1.54) is 19.3 Å². The van der Waals surface area contributed by atoms with Gasteiger partial charge in [0.2, 0.25) is 0 Å². The van der Waals surface area contributed by atoms with E-state index in [0.717, 1.165) is 32.3 Å². The zero-order valence-electron chi connectivity index (χ0n) is 8.84. The summed E-state index contributed by atoms with van der Waals surface area (Å²) in [5, 5.41) is 0. The molecule has 1 saturated carbocycles. The van der Waals surface area contributed by atoms with Crippen molar-refractivity contribution in [2.24, 2.45) is 5.92 Å². The standard InChI is InChI=1S/C12H20O2/c13-12(9-11-7-4-8-14-11)10-5-2-1-3-6-10/h10-11H,1-9H2. The van der Waals surface area contributed by atoms with Crippen LogP contribution in [-0.2, 0) is 9.53 Å². The minimum absolute atomic E-state index is 0.254. The maximum Gasteiger partial charge on any atom is 0.138 e. The van der Waals surface area contributed by atoms with E-state index in [1.807, 2.05) is 0 Å². The number of rotatable bonds is 3. The van der Waals surface area contributed by atoms with Crippen molar-refractivity contribution < 1.29 is 9.53 Å². The van der Waals surface area contributed by atoms with E-state index < -0.39 is 0 Å². The van der Waals surface area contributed by atoms with E-state index in [2.05, 4.69) is 0 Å². The minimum Gasteiger partial charge on any atom is -0.378 e. The van der Waals surface area contributed by atoms with Crippen molar-refractivity contribution in [3.05, 3.63) is 0 Å². The third-order valence-electron chi connectivity index (χ3n) is 3.51. The lowest BCUT2D eigenvalue weighted by Crippen LogP contribution is -2.22. The molecule has 0 aromatic rings. The molecule has 2 nitrogen and oxygen atoms in total. The number of ketones is 1. The molecule has 2 fully saturated rings. The molecule has 0 spiro atoms. The van der Waals surface area contributed by atoms with Gasteiger partial charge in [0.1, 0.15) is 5.78 Å². The molecular weight excluding hydrogens is 176 g/mol. The second-order valence-electron chi connectivity index (χ2n) is 4.64. The summed E-state index contributed by atoms with van der Waals surface area (Å²) in [6, 6.07) is 0. The molecule has 1 saturated heterocycles. The van der Waals surface area contributed by atoms with Gasteiger partial charge in [-0.15, -0.1) is 0 Å². The van der Waals surface area contributed by atoms with E-state index in [-0.39, 0.29) is 6.10 Å². The summed E-state index contributed by atoms with van der Waals surface area (Å²) in [6.45, 7) is 0.864. The number of hydrogen-bond donors (Lipinski definition) is 0. The minimum atomic E-state index is 0.254. The van der Waals surface area contributed by atoms with Crippen molar-refractivity contribution >= 4 is 5.78 Å². The summed E-state index contributed by atoms with van der Waals surface area (Å²) in [4.78, 5) is 11.9. The molecular formula is C12H20O2. The summed E-state index contributed by atoms with van der Waals surface area (Å²) in [7, 11) is 0. The van der Waals surface area contributed by atoms with Crippen molar-refractivity contribution in [3.63, 3.8) is 0 Å². The van der Waals surface area contributed by atoms with Crippen LogP contribution >= 0.6 is 0 Å². The second-order valence-corrected chi connectivity index (χ2v) is 4.64. The van der Waals surface area contributed by atoms with Gasteiger partial charge in [-0.25, -0.2) is 0 Å². The highest BCUT2D eigenvalue weighted by Crippen LogP contribution is 2.27. The van der Waals surface area contributed by atoms with Crippen LogP contribution in [0.15, 0.2) is 0 Å².